The first-order valence-corrected chi connectivity index (χ1v) is 11.6. The van der Waals surface area contributed by atoms with Crippen molar-refractivity contribution in [3.63, 3.8) is 0 Å². The number of carbonyl (C=O) groups is 3. The smallest absolute Gasteiger partial charge is 0.268 e. The van der Waals surface area contributed by atoms with E-state index in [0.29, 0.717) is 24.5 Å². The van der Waals surface area contributed by atoms with Crippen LogP contribution in [0, 0.1) is 11.3 Å². The van der Waals surface area contributed by atoms with Crippen molar-refractivity contribution in [2.45, 2.75) is 45.8 Å². The lowest BCUT2D eigenvalue weighted by molar-refractivity contribution is -0.155. The maximum absolute atomic E-state index is 13.5. The van der Waals surface area contributed by atoms with E-state index in [1.807, 2.05) is 39.8 Å². The number of aromatic nitrogens is 1. The summed E-state index contributed by atoms with van der Waals surface area (Å²) < 4.78 is 0. The van der Waals surface area contributed by atoms with Crippen LogP contribution < -0.4 is 11.1 Å². The summed E-state index contributed by atoms with van der Waals surface area (Å²) in [4.78, 5) is 43.7. The molecule has 1 fully saturated rings. The van der Waals surface area contributed by atoms with E-state index in [-0.39, 0.29) is 23.1 Å². The van der Waals surface area contributed by atoms with Gasteiger partial charge in [-0.3, -0.25) is 19.4 Å². The number of nitrogens with two attached hydrogens (primary N) is 1. The number of hydrogen-bond acceptors (Lipinski definition) is 5. The van der Waals surface area contributed by atoms with Crippen LogP contribution >= 0.6 is 11.6 Å². The zero-order valence-corrected chi connectivity index (χ0v) is 20.6. The average molecular weight is 487 g/mol. The van der Waals surface area contributed by atoms with Gasteiger partial charge in [0, 0.05) is 29.7 Å². The fourth-order valence-corrected chi connectivity index (χ4v) is 4.61. The SMILES string of the molecule is CC(C)[C@@H](NC(=O)c1cccnc1C(N)=O)C(=O)N1CC[C@](O)(c2ccc(Cl)cc2)C(C)(C)C1. The Morgan fingerprint density at radius 2 is 1.82 bits per heavy atom. The van der Waals surface area contributed by atoms with E-state index in [1.54, 1.807) is 17.0 Å². The number of primary amides is 1. The molecule has 4 N–H and O–H groups in total. The van der Waals surface area contributed by atoms with Gasteiger partial charge in [-0.25, -0.2) is 0 Å². The predicted octanol–water partition coefficient (Wildman–Crippen LogP) is 2.73. The van der Waals surface area contributed by atoms with Crippen molar-refractivity contribution in [2.24, 2.45) is 17.1 Å². The molecule has 34 heavy (non-hydrogen) atoms. The number of likely N-dealkylation sites (tertiary alicyclic amines) is 1. The Bertz CT molecular complexity index is 1090. The second kappa shape index (κ2) is 9.72. The monoisotopic (exact) mass is 486 g/mol. The summed E-state index contributed by atoms with van der Waals surface area (Å²) >= 11 is 6.01. The molecule has 1 saturated heterocycles. The van der Waals surface area contributed by atoms with Crippen LogP contribution in [0.5, 0.6) is 0 Å². The second-order valence-electron chi connectivity index (χ2n) is 9.72. The van der Waals surface area contributed by atoms with E-state index < -0.39 is 28.9 Å². The lowest BCUT2D eigenvalue weighted by atomic mass is 9.66. The van der Waals surface area contributed by atoms with Gasteiger partial charge >= 0.3 is 0 Å². The number of nitrogens with zero attached hydrogens (tertiary/aromatic N) is 2. The molecule has 9 heteroatoms. The lowest BCUT2D eigenvalue weighted by Gasteiger charge is -2.51. The largest absolute Gasteiger partial charge is 0.384 e. The van der Waals surface area contributed by atoms with Crippen molar-refractivity contribution in [3.8, 4) is 0 Å². The highest BCUT2D eigenvalue weighted by Gasteiger charge is 2.50. The van der Waals surface area contributed by atoms with Gasteiger partial charge in [-0.1, -0.05) is 51.4 Å². The average Bonchev–Trinajstić information content (AvgIpc) is 2.78. The van der Waals surface area contributed by atoms with Gasteiger partial charge in [0.15, 0.2) is 0 Å². The molecule has 1 aliphatic heterocycles. The Morgan fingerprint density at radius 3 is 2.38 bits per heavy atom. The van der Waals surface area contributed by atoms with Gasteiger partial charge in [0.2, 0.25) is 5.91 Å². The number of benzene rings is 1. The molecule has 2 atom stereocenters. The van der Waals surface area contributed by atoms with Crippen LogP contribution in [0.15, 0.2) is 42.6 Å². The summed E-state index contributed by atoms with van der Waals surface area (Å²) in [6.45, 7) is 8.11. The third kappa shape index (κ3) is 4.93. The number of piperidine rings is 1. The summed E-state index contributed by atoms with van der Waals surface area (Å²) in [7, 11) is 0. The third-order valence-corrected chi connectivity index (χ3v) is 6.84. The summed E-state index contributed by atoms with van der Waals surface area (Å²) in [6, 6.07) is 9.24. The number of amides is 3. The van der Waals surface area contributed by atoms with Crippen LogP contribution in [0.1, 0.15) is 60.5 Å². The number of pyridine rings is 1. The molecule has 2 heterocycles. The fourth-order valence-electron chi connectivity index (χ4n) is 4.49. The van der Waals surface area contributed by atoms with Crippen molar-refractivity contribution in [3.05, 3.63) is 64.4 Å². The standard InChI is InChI=1S/C25H31ClN4O4/c1-15(2)19(29-22(32)18-6-5-12-28-20(18)21(27)31)23(33)30-13-11-25(34,24(3,4)14-30)16-7-9-17(26)10-8-16/h5-10,12,15,19,34H,11,13-14H2,1-4H3,(H2,27,31)(H,29,32)/t19-,25+/m1/s1. The number of halogens is 1. The van der Waals surface area contributed by atoms with Crippen molar-refractivity contribution in [1.82, 2.24) is 15.2 Å². The molecule has 1 aliphatic rings. The topological polar surface area (TPSA) is 126 Å². The zero-order valence-electron chi connectivity index (χ0n) is 19.8. The molecule has 0 radical (unpaired) electrons. The van der Waals surface area contributed by atoms with Gasteiger partial charge < -0.3 is 21.1 Å². The zero-order chi connectivity index (χ0) is 25.3. The van der Waals surface area contributed by atoms with Crippen molar-refractivity contribution in [1.29, 1.82) is 0 Å². The molecule has 182 valence electrons. The molecule has 3 amide bonds. The predicted molar refractivity (Wildman–Crippen MR) is 129 cm³/mol. The van der Waals surface area contributed by atoms with E-state index in [1.165, 1.54) is 18.3 Å². The van der Waals surface area contributed by atoms with Crippen LogP contribution in [0.3, 0.4) is 0 Å². The minimum absolute atomic E-state index is 0.0181. The van der Waals surface area contributed by atoms with Crippen LogP contribution in [0.25, 0.3) is 0 Å². The Morgan fingerprint density at radius 1 is 1.18 bits per heavy atom. The minimum atomic E-state index is -1.14. The van der Waals surface area contributed by atoms with Gasteiger partial charge in [0.1, 0.15) is 11.7 Å². The van der Waals surface area contributed by atoms with Crippen LogP contribution in [0.2, 0.25) is 5.02 Å². The van der Waals surface area contributed by atoms with Gasteiger partial charge in [0.05, 0.1) is 11.2 Å². The summed E-state index contributed by atoms with van der Waals surface area (Å²) in [5, 5.41) is 14.9. The number of aliphatic hydroxyl groups is 1. The number of carbonyl (C=O) groups excluding carboxylic acids is 3. The van der Waals surface area contributed by atoms with E-state index in [9.17, 15) is 19.5 Å². The number of hydrogen-bond donors (Lipinski definition) is 3. The molecule has 0 aliphatic carbocycles. The summed E-state index contributed by atoms with van der Waals surface area (Å²) in [5.74, 6) is -1.88. The van der Waals surface area contributed by atoms with Crippen molar-refractivity contribution >= 4 is 29.3 Å². The molecule has 0 unspecified atom stereocenters. The normalized spacial score (nSPS) is 20.6. The first-order chi connectivity index (χ1) is 15.9. The number of rotatable bonds is 6. The van der Waals surface area contributed by atoms with Crippen LogP contribution in [-0.4, -0.2) is 51.8 Å². The molecule has 0 spiro atoms. The lowest BCUT2D eigenvalue weighted by Crippen LogP contribution is -2.60. The molecule has 3 rings (SSSR count). The maximum atomic E-state index is 13.5. The van der Waals surface area contributed by atoms with Gasteiger partial charge in [-0.05, 0) is 42.2 Å². The summed E-state index contributed by atoms with van der Waals surface area (Å²) in [5.41, 5.74) is 4.15. The van der Waals surface area contributed by atoms with E-state index in [0.717, 1.165) is 5.56 Å². The van der Waals surface area contributed by atoms with E-state index >= 15 is 0 Å². The summed E-state index contributed by atoms with van der Waals surface area (Å²) in [6.07, 6.45) is 1.71. The van der Waals surface area contributed by atoms with E-state index in [4.69, 9.17) is 17.3 Å². The van der Waals surface area contributed by atoms with Crippen LogP contribution in [-0.2, 0) is 10.4 Å². The molecule has 1 aromatic carbocycles. The van der Waals surface area contributed by atoms with Gasteiger partial charge in [0.25, 0.3) is 11.8 Å². The molecular weight excluding hydrogens is 456 g/mol. The Balaban J connectivity index is 1.80. The molecular formula is C25H31ClN4O4. The Labute approximate surface area is 204 Å². The Kier molecular flexibility index (Phi) is 7.33. The van der Waals surface area contributed by atoms with E-state index in [2.05, 4.69) is 10.3 Å². The fraction of sp³-hybridized carbons (Fsp3) is 0.440. The minimum Gasteiger partial charge on any atom is -0.384 e. The number of nitrogens with one attached hydrogen (secondary N) is 1. The molecule has 2 aromatic rings. The molecule has 0 saturated carbocycles. The maximum Gasteiger partial charge on any atom is 0.268 e. The first-order valence-electron chi connectivity index (χ1n) is 11.2. The third-order valence-electron chi connectivity index (χ3n) is 6.59. The molecule has 0 bridgehead atoms. The molecule has 1 aromatic heterocycles. The highest BCUT2D eigenvalue weighted by Crippen LogP contribution is 2.46. The second-order valence-corrected chi connectivity index (χ2v) is 10.2. The highest BCUT2D eigenvalue weighted by atomic mass is 35.5. The van der Waals surface area contributed by atoms with Crippen molar-refractivity contribution in [2.75, 3.05) is 13.1 Å². The van der Waals surface area contributed by atoms with Crippen LogP contribution in [0.4, 0.5) is 0 Å². The van der Waals surface area contributed by atoms with Gasteiger partial charge in [-0.2, -0.15) is 0 Å². The first kappa shape index (κ1) is 25.6. The Hall–Kier alpha value is -2.97. The quantitative estimate of drug-likeness (QED) is 0.578. The molecule has 8 nitrogen and oxygen atoms in total. The highest BCUT2D eigenvalue weighted by molar-refractivity contribution is 6.30. The van der Waals surface area contributed by atoms with Crippen molar-refractivity contribution < 1.29 is 19.5 Å². The van der Waals surface area contributed by atoms with Gasteiger partial charge in [-0.15, -0.1) is 0 Å².